The molecule has 0 radical (unpaired) electrons. The Bertz CT molecular complexity index is 900. The third-order valence-electron chi connectivity index (χ3n) is 4.37. The molecule has 6 heteroatoms. The number of aromatic nitrogens is 3. The van der Waals surface area contributed by atoms with Gasteiger partial charge in [0.05, 0.1) is 18.9 Å². The Kier molecular flexibility index (Phi) is 5.21. The smallest absolute Gasteiger partial charge is 0.255 e. The first-order valence-corrected chi connectivity index (χ1v) is 8.79. The second-order valence-electron chi connectivity index (χ2n) is 6.49. The molecule has 0 unspecified atom stereocenters. The Labute approximate surface area is 153 Å². The van der Waals surface area contributed by atoms with Crippen LogP contribution in [0.1, 0.15) is 42.7 Å². The average molecular weight is 352 g/mol. The van der Waals surface area contributed by atoms with Gasteiger partial charge in [-0.3, -0.25) is 4.79 Å². The first-order chi connectivity index (χ1) is 12.5. The lowest BCUT2D eigenvalue weighted by atomic mass is 10.1. The summed E-state index contributed by atoms with van der Waals surface area (Å²) in [4.78, 5) is 19.2. The molecule has 0 spiro atoms. The zero-order valence-corrected chi connectivity index (χ0v) is 15.6. The van der Waals surface area contributed by atoms with Crippen molar-refractivity contribution in [1.29, 1.82) is 0 Å². The Balaban J connectivity index is 1.82. The fraction of sp³-hybridized carbons (Fsp3) is 0.350. The predicted molar refractivity (Wildman–Crippen MR) is 101 cm³/mol. The molecule has 0 fully saturated rings. The van der Waals surface area contributed by atoms with Gasteiger partial charge >= 0.3 is 0 Å². The second kappa shape index (κ2) is 7.56. The van der Waals surface area contributed by atoms with Gasteiger partial charge < -0.3 is 9.64 Å². The van der Waals surface area contributed by atoms with E-state index in [9.17, 15) is 4.79 Å². The lowest BCUT2D eigenvalue weighted by Crippen LogP contribution is -2.30. The van der Waals surface area contributed by atoms with Gasteiger partial charge in [0.1, 0.15) is 5.75 Å². The summed E-state index contributed by atoms with van der Waals surface area (Å²) < 4.78 is 7.04. The number of hydrogen-bond donors (Lipinski definition) is 0. The number of pyridine rings is 1. The summed E-state index contributed by atoms with van der Waals surface area (Å²) in [5, 5.41) is 5.24. The summed E-state index contributed by atoms with van der Waals surface area (Å²) in [6, 6.07) is 9.85. The molecule has 0 aliphatic heterocycles. The quantitative estimate of drug-likeness (QED) is 0.679. The zero-order chi connectivity index (χ0) is 18.7. The third-order valence-corrected chi connectivity index (χ3v) is 4.37. The van der Waals surface area contributed by atoms with Gasteiger partial charge in [-0.1, -0.05) is 12.1 Å². The van der Waals surface area contributed by atoms with E-state index in [4.69, 9.17) is 4.74 Å². The average Bonchev–Trinajstić information content (AvgIpc) is 3.09. The molecular weight excluding hydrogens is 328 g/mol. The summed E-state index contributed by atoms with van der Waals surface area (Å²) in [6.07, 6.45) is 3.40. The van der Waals surface area contributed by atoms with Crippen molar-refractivity contribution >= 4 is 16.9 Å². The second-order valence-corrected chi connectivity index (χ2v) is 6.49. The molecule has 3 aromatic rings. The Hall–Kier alpha value is -2.89. The number of benzene rings is 1. The molecular formula is C20H24N4O2. The van der Waals surface area contributed by atoms with Crippen LogP contribution < -0.4 is 4.74 Å². The van der Waals surface area contributed by atoms with Gasteiger partial charge in [0.25, 0.3) is 5.91 Å². The highest BCUT2D eigenvalue weighted by Gasteiger charge is 2.17. The third kappa shape index (κ3) is 3.54. The SMILES string of the molecule is CCN(Cc1ccc(OC)cc1)C(=O)c1cnc2c(cnn2C(C)C)c1. The molecule has 0 aliphatic carbocycles. The summed E-state index contributed by atoms with van der Waals surface area (Å²) in [7, 11) is 1.64. The molecule has 1 amide bonds. The molecule has 2 aromatic heterocycles. The van der Waals surface area contributed by atoms with E-state index < -0.39 is 0 Å². The molecule has 0 N–H and O–H groups in total. The van der Waals surface area contributed by atoms with Crippen LogP contribution in [0.2, 0.25) is 0 Å². The predicted octanol–water partition coefficient (Wildman–Crippen LogP) is 3.68. The normalized spacial score (nSPS) is 11.1. The molecule has 0 bridgehead atoms. The van der Waals surface area contributed by atoms with Gasteiger partial charge in [-0.2, -0.15) is 5.10 Å². The minimum absolute atomic E-state index is 0.0324. The topological polar surface area (TPSA) is 60.2 Å². The van der Waals surface area contributed by atoms with E-state index in [-0.39, 0.29) is 11.9 Å². The van der Waals surface area contributed by atoms with Crippen molar-refractivity contribution in [2.45, 2.75) is 33.4 Å². The maximum atomic E-state index is 12.9. The van der Waals surface area contributed by atoms with E-state index >= 15 is 0 Å². The van der Waals surface area contributed by atoms with E-state index in [1.165, 1.54) is 0 Å². The Morgan fingerprint density at radius 1 is 1.23 bits per heavy atom. The molecule has 0 saturated carbocycles. The van der Waals surface area contributed by atoms with E-state index in [1.807, 2.05) is 41.9 Å². The van der Waals surface area contributed by atoms with Crippen molar-refractivity contribution in [2.24, 2.45) is 0 Å². The Morgan fingerprint density at radius 2 is 1.96 bits per heavy atom. The van der Waals surface area contributed by atoms with Crippen LogP contribution in [0.4, 0.5) is 0 Å². The number of carbonyl (C=O) groups is 1. The standard InChI is InChI=1S/C20H24N4O2/c1-5-23(13-15-6-8-18(26-4)9-7-15)20(25)17-10-16-12-22-24(14(2)3)19(16)21-11-17/h6-12,14H,5,13H2,1-4H3. The molecule has 0 aliphatic rings. The largest absolute Gasteiger partial charge is 0.497 e. The van der Waals surface area contributed by atoms with E-state index in [0.717, 1.165) is 22.3 Å². The summed E-state index contributed by atoms with van der Waals surface area (Å²) in [5.74, 6) is 0.773. The fourth-order valence-electron chi connectivity index (χ4n) is 2.90. The van der Waals surface area contributed by atoms with Gasteiger partial charge in [-0.05, 0) is 44.5 Å². The summed E-state index contributed by atoms with van der Waals surface area (Å²) in [6.45, 7) is 7.25. The zero-order valence-electron chi connectivity index (χ0n) is 15.6. The first-order valence-electron chi connectivity index (χ1n) is 8.79. The lowest BCUT2D eigenvalue weighted by molar-refractivity contribution is 0.0752. The number of amides is 1. The van der Waals surface area contributed by atoms with Crippen molar-refractivity contribution in [1.82, 2.24) is 19.7 Å². The van der Waals surface area contributed by atoms with Gasteiger partial charge in [-0.15, -0.1) is 0 Å². The van der Waals surface area contributed by atoms with Crippen LogP contribution in [0.25, 0.3) is 11.0 Å². The highest BCUT2D eigenvalue weighted by atomic mass is 16.5. The molecule has 3 rings (SSSR count). The van der Waals surface area contributed by atoms with Gasteiger partial charge in [0.2, 0.25) is 0 Å². The van der Waals surface area contributed by atoms with Crippen LogP contribution in [0.15, 0.2) is 42.7 Å². The van der Waals surface area contributed by atoms with Gasteiger partial charge in [0.15, 0.2) is 5.65 Å². The molecule has 6 nitrogen and oxygen atoms in total. The number of fused-ring (bicyclic) bond motifs is 1. The lowest BCUT2D eigenvalue weighted by Gasteiger charge is -2.21. The highest BCUT2D eigenvalue weighted by molar-refractivity contribution is 5.96. The van der Waals surface area contributed by atoms with Crippen LogP contribution in [-0.4, -0.2) is 39.2 Å². The maximum Gasteiger partial charge on any atom is 0.255 e. The van der Waals surface area contributed by atoms with Gasteiger partial charge in [-0.25, -0.2) is 9.67 Å². The van der Waals surface area contributed by atoms with Crippen LogP contribution >= 0.6 is 0 Å². The van der Waals surface area contributed by atoms with E-state index in [0.29, 0.717) is 18.7 Å². The van der Waals surface area contributed by atoms with Crippen LogP contribution in [0, 0.1) is 0 Å². The summed E-state index contributed by atoms with van der Waals surface area (Å²) >= 11 is 0. The maximum absolute atomic E-state index is 12.9. The molecule has 0 saturated heterocycles. The van der Waals surface area contributed by atoms with E-state index in [1.54, 1.807) is 24.4 Å². The molecule has 1 aromatic carbocycles. The molecule has 26 heavy (non-hydrogen) atoms. The monoisotopic (exact) mass is 352 g/mol. The van der Waals surface area contributed by atoms with Crippen molar-refractivity contribution in [3.8, 4) is 5.75 Å². The number of hydrogen-bond acceptors (Lipinski definition) is 4. The van der Waals surface area contributed by atoms with E-state index in [2.05, 4.69) is 23.9 Å². The number of methoxy groups -OCH3 is 1. The summed E-state index contributed by atoms with van der Waals surface area (Å²) in [5.41, 5.74) is 2.44. The molecule has 0 atom stereocenters. The van der Waals surface area contributed by atoms with Crippen LogP contribution in [-0.2, 0) is 6.54 Å². The number of ether oxygens (including phenoxy) is 1. The minimum Gasteiger partial charge on any atom is -0.497 e. The van der Waals surface area contributed by atoms with Crippen molar-refractivity contribution in [3.05, 3.63) is 53.9 Å². The highest BCUT2D eigenvalue weighted by Crippen LogP contribution is 2.19. The van der Waals surface area contributed by atoms with Crippen molar-refractivity contribution < 1.29 is 9.53 Å². The van der Waals surface area contributed by atoms with Crippen molar-refractivity contribution in [3.63, 3.8) is 0 Å². The van der Waals surface area contributed by atoms with Crippen LogP contribution in [0.5, 0.6) is 5.75 Å². The van der Waals surface area contributed by atoms with Crippen LogP contribution in [0.3, 0.4) is 0 Å². The number of carbonyl (C=O) groups excluding carboxylic acids is 1. The van der Waals surface area contributed by atoms with Crippen molar-refractivity contribution in [2.75, 3.05) is 13.7 Å². The minimum atomic E-state index is -0.0324. The molecule has 2 heterocycles. The Morgan fingerprint density at radius 3 is 2.58 bits per heavy atom. The van der Waals surface area contributed by atoms with Gasteiger partial charge in [0, 0.05) is 30.7 Å². The number of nitrogens with zero attached hydrogens (tertiary/aromatic N) is 4. The fourth-order valence-corrected chi connectivity index (χ4v) is 2.90. The molecule has 136 valence electrons. The first kappa shape index (κ1) is 17.9. The number of rotatable bonds is 6.